The summed E-state index contributed by atoms with van der Waals surface area (Å²) in [5, 5.41) is 6.51. The fraction of sp³-hybridized carbons (Fsp3) is 0.500. The molecule has 0 radical (unpaired) electrons. The lowest BCUT2D eigenvalue weighted by molar-refractivity contribution is 0.0964. The van der Waals surface area contributed by atoms with Gasteiger partial charge in [0.25, 0.3) is 5.91 Å². The molecule has 0 bridgehead atoms. The van der Waals surface area contributed by atoms with E-state index in [1.807, 2.05) is 13.8 Å². The van der Waals surface area contributed by atoms with E-state index in [1.165, 1.54) is 0 Å². The first-order valence-corrected chi connectivity index (χ1v) is 4.13. The number of carbonyl (C=O) groups is 1. The Labute approximate surface area is 76.9 Å². The summed E-state index contributed by atoms with van der Waals surface area (Å²) >= 11 is 0. The minimum Gasteiger partial charge on any atom is -0.382 e. The van der Waals surface area contributed by atoms with Crippen LogP contribution in [-0.2, 0) is 0 Å². The summed E-state index contributed by atoms with van der Waals surface area (Å²) in [7, 11) is 1.56. The summed E-state index contributed by atoms with van der Waals surface area (Å²) in [6.45, 7) is 3.94. The number of amides is 1. The van der Waals surface area contributed by atoms with Gasteiger partial charge in [0, 0.05) is 19.3 Å². The number of anilines is 1. The maximum atomic E-state index is 11.2. The SMILES string of the molecule is CNC(=O)c1cn(C(C)C)nc1N. The van der Waals surface area contributed by atoms with Crippen molar-refractivity contribution in [3.05, 3.63) is 11.8 Å². The van der Waals surface area contributed by atoms with Crippen LogP contribution < -0.4 is 11.1 Å². The van der Waals surface area contributed by atoms with Gasteiger partial charge in [0.1, 0.15) is 5.56 Å². The Morgan fingerprint density at radius 1 is 1.69 bits per heavy atom. The molecule has 0 aromatic carbocycles. The first kappa shape index (κ1) is 9.57. The van der Waals surface area contributed by atoms with Crippen molar-refractivity contribution >= 4 is 11.7 Å². The van der Waals surface area contributed by atoms with Gasteiger partial charge in [0.2, 0.25) is 0 Å². The zero-order valence-electron chi connectivity index (χ0n) is 8.03. The lowest BCUT2D eigenvalue weighted by Gasteiger charge is -2.02. The highest BCUT2D eigenvalue weighted by molar-refractivity contribution is 5.97. The summed E-state index contributed by atoms with van der Waals surface area (Å²) in [4.78, 5) is 11.2. The van der Waals surface area contributed by atoms with Gasteiger partial charge in [-0.3, -0.25) is 9.48 Å². The normalized spacial score (nSPS) is 10.5. The third-order valence-corrected chi connectivity index (χ3v) is 1.76. The average molecular weight is 182 g/mol. The van der Waals surface area contributed by atoms with Gasteiger partial charge in [0.15, 0.2) is 5.82 Å². The molecule has 0 saturated heterocycles. The van der Waals surface area contributed by atoms with E-state index in [-0.39, 0.29) is 17.8 Å². The lowest BCUT2D eigenvalue weighted by atomic mass is 10.3. The number of nitrogens with one attached hydrogen (secondary N) is 1. The predicted molar refractivity (Wildman–Crippen MR) is 50.4 cm³/mol. The number of nitrogens with two attached hydrogens (primary N) is 1. The molecule has 5 nitrogen and oxygen atoms in total. The van der Waals surface area contributed by atoms with Crippen LogP contribution in [-0.4, -0.2) is 22.7 Å². The average Bonchev–Trinajstić information content (AvgIpc) is 2.46. The number of nitrogen functional groups attached to an aromatic ring is 1. The molecule has 72 valence electrons. The molecule has 1 aromatic rings. The highest BCUT2D eigenvalue weighted by Gasteiger charge is 2.13. The van der Waals surface area contributed by atoms with E-state index in [1.54, 1.807) is 17.9 Å². The Hall–Kier alpha value is -1.52. The van der Waals surface area contributed by atoms with Gasteiger partial charge >= 0.3 is 0 Å². The Bertz CT molecular complexity index is 316. The summed E-state index contributed by atoms with van der Waals surface area (Å²) in [5.41, 5.74) is 5.99. The van der Waals surface area contributed by atoms with Crippen molar-refractivity contribution in [3.8, 4) is 0 Å². The van der Waals surface area contributed by atoms with Crippen molar-refractivity contribution in [1.29, 1.82) is 0 Å². The molecule has 1 heterocycles. The standard InChI is InChI=1S/C8H14N4O/c1-5(2)12-4-6(7(9)11-12)8(13)10-3/h4-5H,1-3H3,(H2,9,11)(H,10,13). The molecule has 3 N–H and O–H groups in total. The van der Waals surface area contributed by atoms with Crippen LogP contribution in [0.2, 0.25) is 0 Å². The minimum atomic E-state index is -0.204. The van der Waals surface area contributed by atoms with Crippen molar-refractivity contribution in [3.63, 3.8) is 0 Å². The Balaban J connectivity index is 3.03. The lowest BCUT2D eigenvalue weighted by Crippen LogP contribution is -2.18. The molecule has 0 unspecified atom stereocenters. The number of aromatic nitrogens is 2. The van der Waals surface area contributed by atoms with Crippen LogP contribution in [0.15, 0.2) is 6.20 Å². The van der Waals surface area contributed by atoms with Gasteiger partial charge in [-0.05, 0) is 13.8 Å². The Morgan fingerprint density at radius 2 is 2.31 bits per heavy atom. The highest BCUT2D eigenvalue weighted by Crippen LogP contribution is 2.12. The van der Waals surface area contributed by atoms with Crippen molar-refractivity contribution in [2.75, 3.05) is 12.8 Å². The molecule has 0 aliphatic heterocycles. The second-order valence-corrected chi connectivity index (χ2v) is 3.08. The minimum absolute atomic E-state index is 0.204. The number of hydrogen-bond acceptors (Lipinski definition) is 3. The van der Waals surface area contributed by atoms with E-state index in [4.69, 9.17) is 5.73 Å². The van der Waals surface area contributed by atoms with Crippen molar-refractivity contribution in [2.24, 2.45) is 0 Å². The molecule has 0 atom stereocenters. The van der Waals surface area contributed by atoms with E-state index in [0.29, 0.717) is 5.56 Å². The van der Waals surface area contributed by atoms with Crippen LogP contribution in [0.5, 0.6) is 0 Å². The molecule has 0 aliphatic rings. The second-order valence-electron chi connectivity index (χ2n) is 3.08. The molecule has 1 aromatic heterocycles. The summed E-state index contributed by atoms with van der Waals surface area (Å²) in [5.74, 6) is 0.0671. The first-order valence-electron chi connectivity index (χ1n) is 4.13. The van der Waals surface area contributed by atoms with Crippen molar-refractivity contribution < 1.29 is 4.79 Å². The van der Waals surface area contributed by atoms with Crippen molar-refractivity contribution in [1.82, 2.24) is 15.1 Å². The first-order chi connectivity index (χ1) is 6.06. The molecule has 1 amide bonds. The van der Waals surface area contributed by atoms with Gasteiger partial charge in [-0.15, -0.1) is 0 Å². The van der Waals surface area contributed by atoms with Gasteiger partial charge in [0.05, 0.1) is 0 Å². The number of carbonyl (C=O) groups excluding carboxylic acids is 1. The van der Waals surface area contributed by atoms with Gasteiger partial charge in [-0.25, -0.2) is 0 Å². The zero-order valence-corrected chi connectivity index (χ0v) is 8.03. The topological polar surface area (TPSA) is 72.9 Å². The van der Waals surface area contributed by atoms with Crippen LogP contribution in [0.4, 0.5) is 5.82 Å². The maximum Gasteiger partial charge on any atom is 0.256 e. The Kier molecular flexibility index (Phi) is 2.55. The van der Waals surface area contributed by atoms with E-state index < -0.39 is 0 Å². The van der Waals surface area contributed by atoms with Gasteiger partial charge in [-0.1, -0.05) is 0 Å². The van der Waals surface area contributed by atoms with E-state index in [9.17, 15) is 4.79 Å². The van der Waals surface area contributed by atoms with Gasteiger partial charge < -0.3 is 11.1 Å². The fourth-order valence-corrected chi connectivity index (χ4v) is 0.980. The largest absolute Gasteiger partial charge is 0.382 e. The smallest absolute Gasteiger partial charge is 0.256 e. The van der Waals surface area contributed by atoms with Crippen molar-refractivity contribution in [2.45, 2.75) is 19.9 Å². The van der Waals surface area contributed by atoms with E-state index >= 15 is 0 Å². The quantitative estimate of drug-likeness (QED) is 0.695. The highest BCUT2D eigenvalue weighted by atomic mass is 16.1. The number of nitrogens with zero attached hydrogens (tertiary/aromatic N) is 2. The van der Waals surface area contributed by atoms with Gasteiger partial charge in [-0.2, -0.15) is 5.10 Å². The molecule has 13 heavy (non-hydrogen) atoms. The van der Waals surface area contributed by atoms with Crippen LogP contribution in [0.25, 0.3) is 0 Å². The summed E-state index contributed by atoms with van der Waals surface area (Å²) in [6, 6.07) is 0.209. The Morgan fingerprint density at radius 3 is 2.69 bits per heavy atom. The second kappa shape index (κ2) is 3.47. The summed E-state index contributed by atoms with van der Waals surface area (Å²) in [6.07, 6.45) is 1.65. The molecule has 0 fully saturated rings. The zero-order chi connectivity index (χ0) is 10.0. The molecule has 1 rings (SSSR count). The van der Waals surface area contributed by atoms with E-state index in [0.717, 1.165) is 0 Å². The molecule has 0 saturated carbocycles. The van der Waals surface area contributed by atoms with Crippen LogP contribution in [0.3, 0.4) is 0 Å². The monoisotopic (exact) mass is 182 g/mol. The van der Waals surface area contributed by atoms with E-state index in [2.05, 4.69) is 10.4 Å². The third-order valence-electron chi connectivity index (χ3n) is 1.76. The predicted octanol–water partition coefficient (Wildman–Crippen LogP) is 0.406. The molecule has 0 aliphatic carbocycles. The summed E-state index contributed by atoms with van der Waals surface area (Å²) < 4.78 is 1.67. The van der Waals surface area contributed by atoms with Crippen LogP contribution >= 0.6 is 0 Å². The molecule has 0 spiro atoms. The maximum absolute atomic E-state index is 11.2. The molecular weight excluding hydrogens is 168 g/mol. The van der Waals surface area contributed by atoms with Crippen LogP contribution in [0.1, 0.15) is 30.2 Å². The number of hydrogen-bond donors (Lipinski definition) is 2. The number of rotatable bonds is 2. The third kappa shape index (κ3) is 1.80. The van der Waals surface area contributed by atoms with Crippen LogP contribution in [0, 0.1) is 0 Å². The molecular formula is C8H14N4O. The molecule has 5 heteroatoms. The fourth-order valence-electron chi connectivity index (χ4n) is 0.980.